The second-order valence-corrected chi connectivity index (χ2v) is 3.70. The zero-order valence-electron chi connectivity index (χ0n) is 8.00. The lowest BCUT2D eigenvalue weighted by molar-refractivity contribution is 0.0526. The van der Waals surface area contributed by atoms with E-state index in [1.807, 2.05) is 0 Å². The molecule has 0 saturated carbocycles. The van der Waals surface area contributed by atoms with E-state index in [2.05, 4.69) is 15.9 Å². The van der Waals surface area contributed by atoms with Crippen molar-refractivity contribution in [2.45, 2.75) is 13.8 Å². The van der Waals surface area contributed by atoms with Crippen LogP contribution in [0.5, 0.6) is 5.75 Å². The van der Waals surface area contributed by atoms with Gasteiger partial charge in [-0.1, -0.05) is 0 Å². The molecule has 1 rings (SSSR count). The summed E-state index contributed by atoms with van der Waals surface area (Å²) >= 11 is 3.16. The third-order valence-electron chi connectivity index (χ3n) is 1.77. The Morgan fingerprint density at radius 1 is 1.57 bits per heavy atom. The molecule has 14 heavy (non-hydrogen) atoms. The number of halogens is 1. The van der Waals surface area contributed by atoms with E-state index in [1.54, 1.807) is 26.0 Å². The van der Waals surface area contributed by atoms with Crippen LogP contribution in [-0.4, -0.2) is 17.7 Å². The van der Waals surface area contributed by atoms with Crippen molar-refractivity contribution in [1.29, 1.82) is 0 Å². The van der Waals surface area contributed by atoms with Crippen LogP contribution in [0.3, 0.4) is 0 Å². The number of hydrogen-bond acceptors (Lipinski definition) is 3. The number of carbonyl (C=O) groups is 1. The number of aromatic hydroxyl groups is 1. The number of ether oxygens (including phenoxy) is 1. The number of aryl methyl sites for hydroxylation is 1. The van der Waals surface area contributed by atoms with Gasteiger partial charge in [0.1, 0.15) is 5.75 Å². The largest absolute Gasteiger partial charge is 0.506 e. The molecule has 0 heterocycles. The van der Waals surface area contributed by atoms with Gasteiger partial charge in [0.2, 0.25) is 0 Å². The molecule has 0 saturated heterocycles. The number of phenolic OH excluding ortho intramolecular Hbond substituents is 1. The molecule has 0 aliphatic carbocycles. The third kappa shape index (κ3) is 2.26. The number of rotatable bonds is 2. The molecule has 1 aromatic rings. The quantitative estimate of drug-likeness (QED) is 0.830. The van der Waals surface area contributed by atoms with E-state index < -0.39 is 0 Å². The van der Waals surface area contributed by atoms with E-state index in [1.165, 1.54) is 0 Å². The number of phenols is 1. The van der Waals surface area contributed by atoms with Crippen molar-refractivity contribution < 1.29 is 14.6 Å². The first-order chi connectivity index (χ1) is 6.56. The normalized spacial score (nSPS) is 9.93. The monoisotopic (exact) mass is 258 g/mol. The smallest absolute Gasteiger partial charge is 0.338 e. The minimum absolute atomic E-state index is 0.151. The second kappa shape index (κ2) is 4.46. The number of esters is 1. The van der Waals surface area contributed by atoms with Crippen molar-refractivity contribution in [3.8, 4) is 5.75 Å². The zero-order chi connectivity index (χ0) is 10.7. The van der Waals surface area contributed by atoms with Crippen LogP contribution in [-0.2, 0) is 4.74 Å². The lowest BCUT2D eigenvalue weighted by Gasteiger charge is -2.06. The molecular formula is C10H11BrO3. The first-order valence-electron chi connectivity index (χ1n) is 4.22. The van der Waals surface area contributed by atoms with Crippen molar-refractivity contribution in [1.82, 2.24) is 0 Å². The van der Waals surface area contributed by atoms with Gasteiger partial charge in [-0.15, -0.1) is 0 Å². The molecule has 3 nitrogen and oxygen atoms in total. The summed E-state index contributed by atoms with van der Waals surface area (Å²) in [5.41, 5.74) is 1.08. The van der Waals surface area contributed by atoms with E-state index >= 15 is 0 Å². The third-order valence-corrected chi connectivity index (χ3v) is 2.37. The van der Waals surface area contributed by atoms with Crippen LogP contribution in [0.4, 0.5) is 0 Å². The standard InChI is InChI=1S/C10H11BrO3/c1-3-14-10(13)7-4-6(2)9(12)8(11)5-7/h4-5,12H,3H2,1-2H3. The Morgan fingerprint density at radius 3 is 2.71 bits per heavy atom. The van der Waals surface area contributed by atoms with E-state index in [0.717, 1.165) is 0 Å². The van der Waals surface area contributed by atoms with Crippen LogP contribution in [0, 0.1) is 6.92 Å². The summed E-state index contributed by atoms with van der Waals surface area (Å²) in [6.07, 6.45) is 0. The first-order valence-corrected chi connectivity index (χ1v) is 5.01. The molecule has 0 atom stereocenters. The zero-order valence-corrected chi connectivity index (χ0v) is 9.59. The maximum absolute atomic E-state index is 11.3. The van der Waals surface area contributed by atoms with Gasteiger partial charge < -0.3 is 9.84 Å². The van der Waals surface area contributed by atoms with Gasteiger partial charge in [-0.05, 0) is 47.5 Å². The Bertz CT molecular complexity index is 337. The molecule has 0 spiro atoms. The van der Waals surface area contributed by atoms with Crippen molar-refractivity contribution in [3.05, 3.63) is 27.7 Å². The SMILES string of the molecule is CCOC(=O)c1cc(C)c(O)c(Br)c1. The average molecular weight is 259 g/mol. The summed E-state index contributed by atoms with van der Waals surface area (Å²) in [5, 5.41) is 9.44. The van der Waals surface area contributed by atoms with Crippen molar-refractivity contribution in [2.75, 3.05) is 6.61 Å². The summed E-state index contributed by atoms with van der Waals surface area (Å²) in [6, 6.07) is 3.14. The molecule has 0 aliphatic heterocycles. The molecular weight excluding hydrogens is 248 g/mol. The lowest BCUT2D eigenvalue weighted by Crippen LogP contribution is -2.04. The van der Waals surface area contributed by atoms with Crippen LogP contribution in [0.25, 0.3) is 0 Å². The highest BCUT2D eigenvalue weighted by Crippen LogP contribution is 2.28. The van der Waals surface area contributed by atoms with Crippen LogP contribution < -0.4 is 0 Å². The fourth-order valence-corrected chi connectivity index (χ4v) is 1.63. The predicted octanol–water partition coefficient (Wildman–Crippen LogP) is 2.64. The summed E-state index contributed by atoms with van der Waals surface area (Å²) < 4.78 is 5.34. The van der Waals surface area contributed by atoms with Crippen LogP contribution in [0.2, 0.25) is 0 Å². The highest BCUT2D eigenvalue weighted by molar-refractivity contribution is 9.10. The Balaban J connectivity index is 3.06. The molecule has 0 fully saturated rings. The summed E-state index contributed by atoms with van der Waals surface area (Å²) in [7, 11) is 0. The topological polar surface area (TPSA) is 46.5 Å². The van der Waals surface area contributed by atoms with Crippen LogP contribution in [0.15, 0.2) is 16.6 Å². The number of hydrogen-bond donors (Lipinski definition) is 1. The molecule has 0 radical (unpaired) electrons. The average Bonchev–Trinajstić information content (AvgIpc) is 2.13. The van der Waals surface area contributed by atoms with Crippen molar-refractivity contribution in [3.63, 3.8) is 0 Å². The van der Waals surface area contributed by atoms with Gasteiger partial charge in [0.15, 0.2) is 0 Å². The first kappa shape index (κ1) is 11.0. The van der Waals surface area contributed by atoms with Gasteiger partial charge >= 0.3 is 5.97 Å². The van der Waals surface area contributed by atoms with Crippen LogP contribution in [0.1, 0.15) is 22.8 Å². The van der Waals surface area contributed by atoms with Gasteiger partial charge in [0.25, 0.3) is 0 Å². The Hall–Kier alpha value is -1.03. The van der Waals surface area contributed by atoms with Gasteiger partial charge in [-0.3, -0.25) is 0 Å². The Kier molecular flexibility index (Phi) is 3.52. The summed E-state index contributed by atoms with van der Waals surface area (Å²) in [4.78, 5) is 11.3. The molecule has 0 bridgehead atoms. The molecule has 1 aromatic carbocycles. The highest BCUT2D eigenvalue weighted by atomic mass is 79.9. The molecule has 0 aliphatic rings. The number of benzene rings is 1. The van der Waals surface area contributed by atoms with Gasteiger partial charge in [-0.25, -0.2) is 4.79 Å². The minimum Gasteiger partial charge on any atom is -0.506 e. The fraction of sp³-hybridized carbons (Fsp3) is 0.300. The molecule has 0 amide bonds. The van der Waals surface area contributed by atoms with Gasteiger partial charge in [0, 0.05) is 0 Å². The maximum atomic E-state index is 11.3. The molecule has 4 heteroatoms. The second-order valence-electron chi connectivity index (χ2n) is 2.84. The molecule has 0 unspecified atom stereocenters. The molecule has 76 valence electrons. The van der Waals surface area contributed by atoms with Gasteiger partial charge in [0.05, 0.1) is 16.6 Å². The molecule has 1 N–H and O–H groups in total. The Morgan fingerprint density at radius 2 is 2.21 bits per heavy atom. The maximum Gasteiger partial charge on any atom is 0.338 e. The molecule has 0 aromatic heterocycles. The van der Waals surface area contributed by atoms with Crippen molar-refractivity contribution in [2.24, 2.45) is 0 Å². The highest BCUT2D eigenvalue weighted by Gasteiger charge is 2.11. The van der Waals surface area contributed by atoms with Gasteiger partial charge in [-0.2, -0.15) is 0 Å². The lowest BCUT2D eigenvalue weighted by atomic mass is 10.1. The van der Waals surface area contributed by atoms with Crippen LogP contribution >= 0.6 is 15.9 Å². The van der Waals surface area contributed by atoms with Crippen molar-refractivity contribution >= 4 is 21.9 Å². The number of carbonyl (C=O) groups excluding carboxylic acids is 1. The van der Waals surface area contributed by atoms with E-state index in [0.29, 0.717) is 22.2 Å². The van der Waals surface area contributed by atoms with E-state index in [-0.39, 0.29) is 11.7 Å². The fourth-order valence-electron chi connectivity index (χ4n) is 1.07. The predicted molar refractivity (Wildman–Crippen MR) is 56.5 cm³/mol. The minimum atomic E-state index is -0.378. The van der Waals surface area contributed by atoms with E-state index in [4.69, 9.17) is 4.74 Å². The Labute approximate surface area is 90.8 Å². The summed E-state index contributed by atoms with van der Waals surface area (Å²) in [5.74, 6) is -0.227. The summed E-state index contributed by atoms with van der Waals surface area (Å²) in [6.45, 7) is 3.82. The van der Waals surface area contributed by atoms with E-state index in [9.17, 15) is 9.90 Å².